The quantitative estimate of drug-likeness (QED) is 0.873. The summed E-state index contributed by atoms with van der Waals surface area (Å²) in [7, 11) is 0. The summed E-state index contributed by atoms with van der Waals surface area (Å²) in [5.41, 5.74) is -0.0495. The van der Waals surface area contributed by atoms with Crippen LogP contribution in [-0.2, 0) is 22.6 Å². The van der Waals surface area contributed by atoms with Crippen molar-refractivity contribution in [3.05, 3.63) is 46.5 Å². The monoisotopic (exact) mass is 346 g/mol. The number of amides is 1. The SMILES string of the molecule is O=C(C[C@@]12COC[C@@H]1CN(Cc1ccco1)C2)NCc1cccs1. The Kier molecular flexibility index (Phi) is 4.43. The third-order valence-corrected chi connectivity index (χ3v) is 5.98. The minimum absolute atomic E-state index is 0.0495. The molecule has 2 aromatic heterocycles. The predicted octanol–water partition coefficient (Wildman–Crippen LogP) is 2.50. The van der Waals surface area contributed by atoms with Crippen LogP contribution in [0, 0.1) is 11.3 Å². The van der Waals surface area contributed by atoms with Crippen molar-refractivity contribution in [2.24, 2.45) is 11.3 Å². The van der Waals surface area contributed by atoms with Crippen LogP contribution in [0.25, 0.3) is 0 Å². The fourth-order valence-electron chi connectivity index (χ4n) is 3.92. The minimum Gasteiger partial charge on any atom is -0.468 e. The summed E-state index contributed by atoms with van der Waals surface area (Å²) in [5, 5.41) is 5.09. The van der Waals surface area contributed by atoms with Crippen molar-refractivity contribution in [2.45, 2.75) is 19.5 Å². The number of carbonyl (C=O) groups excluding carboxylic acids is 1. The van der Waals surface area contributed by atoms with Gasteiger partial charge in [0.2, 0.25) is 5.91 Å². The number of carbonyl (C=O) groups is 1. The smallest absolute Gasteiger partial charge is 0.221 e. The maximum Gasteiger partial charge on any atom is 0.221 e. The third-order valence-electron chi connectivity index (χ3n) is 5.10. The number of furan rings is 1. The first kappa shape index (κ1) is 15.9. The molecule has 24 heavy (non-hydrogen) atoms. The van der Waals surface area contributed by atoms with E-state index in [0.29, 0.717) is 25.5 Å². The second-order valence-corrected chi connectivity index (χ2v) is 7.89. The maximum atomic E-state index is 12.5. The molecule has 2 aliphatic heterocycles. The van der Waals surface area contributed by atoms with E-state index in [4.69, 9.17) is 9.15 Å². The molecule has 0 saturated carbocycles. The molecular formula is C18H22N2O3S. The largest absolute Gasteiger partial charge is 0.468 e. The molecular weight excluding hydrogens is 324 g/mol. The number of fused-ring (bicyclic) bond motifs is 1. The van der Waals surface area contributed by atoms with Gasteiger partial charge in [0.05, 0.1) is 32.6 Å². The zero-order chi connectivity index (χ0) is 16.4. The fourth-order valence-corrected chi connectivity index (χ4v) is 4.56. The third kappa shape index (κ3) is 3.27. The lowest BCUT2D eigenvalue weighted by molar-refractivity contribution is -0.123. The molecule has 2 saturated heterocycles. The van der Waals surface area contributed by atoms with Crippen LogP contribution in [0.4, 0.5) is 0 Å². The van der Waals surface area contributed by atoms with Gasteiger partial charge in [0.1, 0.15) is 5.76 Å². The van der Waals surface area contributed by atoms with Crippen molar-refractivity contribution in [2.75, 3.05) is 26.3 Å². The van der Waals surface area contributed by atoms with Crippen molar-refractivity contribution in [3.8, 4) is 0 Å². The number of thiophene rings is 1. The molecule has 2 fully saturated rings. The molecule has 6 heteroatoms. The van der Waals surface area contributed by atoms with Gasteiger partial charge in [-0.2, -0.15) is 0 Å². The van der Waals surface area contributed by atoms with Crippen LogP contribution in [0.5, 0.6) is 0 Å². The summed E-state index contributed by atoms with van der Waals surface area (Å²) in [4.78, 5) is 16.0. The van der Waals surface area contributed by atoms with Crippen LogP contribution in [0.3, 0.4) is 0 Å². The molecule has 5 nitrogen and oxygen atoms in total. The lowest BCUT2D eigenvalue weighted by Gasteiger charge is -2.26. The summed E-state index contributed by atoms with van der Waals surface area (Å²) >= 11 is 1.67. The summed E-state index contributed by atoms with van der Waals surface area (Å²) in [6.07, 6.45) is 2.25. The molecule has 0 radical (unpaired) electrons. The van der Waals surface area contributed by atoms with Gasteiger partial charge in [0.15, 0.2) is 0 Å². The average Bonchev–Trinajstić information content (AvgIpc) is 3.30. The lowest BCUT2D eigenvalue weighted by atomic mass is 9.78. The van der Waals surface area contributed by atoms with E-state index < -0.39 is 0 Å². The highest BCUT2D eigenvalue weighted by Gasteiger charge is 2.51. The van der Waals surface area contributed by atoms with Gasteiger partial charge in [-0.3, -0.25) is 9.69 Å². The predicted molar refractivity (Wildman–Crippen MR) is 91.5 cm³/mol. The molecule has 1 amide bonds. The lowest BCUT2D eigenvalue weighted by Crippen LogP contribution is -2.37. The van der Waals surface area contributed by atoms with Gasteiger partial charge in [-0.05, 0) is 23.6 Å². The zero-order valence-electron chi connectivity index (χ0n) is 13.6. The van der Waals surface area contributed by atoms with Crippen molar-refractivity contribution in [1.82, 2.24) is 10.2 Å². The second kappa shape index (κ2) is 6.70. The topological polar surface area (TPSA) is 54.7 Å². The maximum absolute atomic E-state index is 12.5. The van der Waals surface area contributed by atoms with Crippen molar-refractivity contribution >= 4 is 17.2 Å². The Bertz CT molecular complexity index is 671. The Morgan fingerprint density at radius 1 is 1.42 bits per heavy atom. The Morgan fingerprint density at radius 2 is 2.38 bits per heavy atom. The molecule has 128 valence electrons. The van der Waals surface area contributed by atoms with Crippen molar-refractivity contribution in [3.63, 3.8) is 0 Å². The van der Waals surface area contributed by atoms with E-state index in [-0.39, 0.29) is 11.3 Å². The number of nitrogens with one attached hydrogen (secondary N) is 1. The van der Waals surface area contributed by atoms with Crippen LogP contribution >= 0.6 is 11.3 Å². The van der Waals surface area contributed by atoms with Crippen LogP contribution in [0.15, 0.2) is 40.3 Å². The normalized spacial score (nSPS) is 26.6. The number of ether oxygens (including phenoxy) is 1. The first-order valence-electron chi connectivity index (χ1n) is 8.35. The molecule has 0 spiro atoms. The minimum atomic E-state index is -0.0495. The molecule has 4 heterocycles. The number of hydrogen-bond donors (Lipinski definition) is 1. The Labute approximate surface area is 145 Å². The average molecular weight is 346 g/mol. The van der Waals surface area contributed by atoms with E-state index in [9.17, 15) is 4.79 Å². The highest BCUT2D eigenvalue weighted by molar-refractivity contribution is 7.09. The molecule has 2 aliphatic rings. The second-order valence-electron chi connectivity index (χ2n) is 6.86. The molecule has 0 unspecified atom stereocenters. The summed E-state index contributed by atoms with van der Waals surface area (Å²) < 4.78 is 11.2. The number of hydrogen-bond acceptors (Lipinski definition) is 5. The highest BCUT2D eigenvalue weighted by Crippen LogP contribution is 2.44. The summed E-state index contributed by atoms with van der Waals surface area (Å²) in [6, 6.07) is 7.98. The molecule has 4 rings (SSSR count). The van der Waals surface area contributed by atoms with Gasteiger partial charge in [0, 0.05) is 35.7 Å². The fraction of sp³-hybridized carbons (Fsp3) is 0.500. The standard InChI is InChI=1S/C18H22N2O3S/c21-17(19-8-16-4-2-6-24-16)7-18-12-20(9-14(18)11-22-13-18)10-15-3-1-5-23-15/h1-6,14H,7-13H2,(H,19,21)/t14-,18+/m0/s1. The van der Waals surface area contributed by atoms with E-state index in [0.717, 1.165) is 32.0 Å². The van der Waals surface area contributed by atoms with E-state index in [1.165, 1.54) is 4.88 Å². The zero-order valence-corrected chi connectivity index (χ0v) is 14.4. The molecule has 0 aromatic carbocycles. The van der Waals surface area contributed by atoms with Gasteiger partial charge < -0.3 is 14.5 Å². The van der Waals surface area contributed by atoms with Crippen LogP contribution < -0.4 is 5.32 Å². The summed E-state index contributed by atoms with van der Waals surface area (Å²) in [6.45, 7) is 4.73. The summed E-state index contributed by atoms with van der Waals surface area (Å²) in [5.74, 6) is 1.53. The van der Waals surface area contributed by atoms with Gasteiger partial charge in [0.25, 0.3) is 0 Å². The van der Waals surface area contributed by atoms with Crippen molar-refractivity contribution in [1.29, 1.82) is 0 Å². The van der Waals surface area contributed by atoms with Gasteiger partial charge >= 0.3 is 0 Å². The molecule has 2 aromatic rings. The van der Waals surface area contributed by atoms with E-state index in [2.05, 4.69) is 10.2 Å². The van der Waals surface area contributed by atoms with Crippen LogP contribution in [-0.4, -0.2) is 37.1 Å². The molecule has 2 atom stereocenters. The van der Waals surface area contributed by atoms with Gasteiger partial charge in [-0.1, -0.05) is 6.07 Å². The molecule has 0 bridgehead atoms. The Balaban J connectivity index is 1.36. The number of likely N-dealkylation sites (tertiary alicyclic amines) is 1. The number of nitrogens with zero attached hydrogens (tertiary/aromatic N) is 1. The van der Waals surface area contributed by atoms with E-state index in [1.54, 1.807) is 17.6 Å². The van der Waals surface area contributed by atoms with Crippen LogP contribution in [0.1, 0.15) is 17.1 Å². The molecule has 0 aliphatic carbocycles. The van der Waals surface area contributed by atoms with Gasteiger partial charge in [-0.25, -0.2) is 0 Å². The highest BCUT2D eigenvalue weighted by atomic mass is 32.1. The van der Waals surface area contributed by atoms with Gasteiger partial charge in [-0.15, -0.1) is 11.3 Å². The van der Waals surface area contributed by atoms with Crippen molar-refractivity contribution < 1.29 is 13.9 Å². The van der Waals surface area contributed by atoms with Crippen LogP contribution in [0.2, 0.25) is 0 Å². The first-order valence-corrected chi connectivity index (χ1v) is 9.23. The first-order chi connectivity index (χ1) is 11.7. The Morgan fingerprint density at radius 3 is 3.17 bits per heavy atom. The molecule has 1 N–H and O–H groups in total. The van der Waals surface area contributed by atoms with E-state index in [1.807, 2.05) is 29.6 Å². The Hall–Kier alpha value is -1.63. The number of rotatable bonds is 6. The van der Waals surface area contributed by atoms with E-state index >= 15 is 0 Å².